The van der Waals surface area contributed by atoms with Crippen LogP contribution in [0, 0.1) is 13.8 Å². The fourth-order valence-electron chi connectivity index (χ4n) is 4.21. The van der Waals surface area contributed by atoms with Crippen molar-refractivity contribution in [3.63, 3.8) is 0 Å². The Morgan fingerprint density at radius 1 is 1.05 bits per heavy atom. The molecule has 2 rings (SSSR count). The Kier molecular flexibility index (Phi) is 12.3. The number of aliphatic hydroxyl groups is 1. The Bertz CT molecular complexity index is 1160. The third kappa shape index (κ3) is 9.41. The molecule has 4 N–H and O–H groups in total. The molecular formula is C30H42ClN3O6. The van der Waals surface area contributed by atoms with E-state index in [1.807, 2.05) is 0 Å². The average molecular weight is 576 g/mol. The standard InChI is InChI=1S/C30H42ClN3O6/c1-7-8-9-10-16-34(28(38)23(18-35)32-29(39)40-30(4,5)6)26(21-14-15-24(36)20(3)17-21)27(37)33-25-19(2)12-11-13-22(25)31/h11-15,17,23,26,35-36H,7-10,16,18H2,1-6H3,(H,32,39)(H,33,37). The summed E-state index contributed by atoms with van der Waals surface area (Å²) in [4.78, 5) is 41.8. The molecule has 0 aliphatic heterocycles. The summed E-state index contributed by atoms with van der Waals surface area (Å²) in [5, 5.41) is 25.9. The van der Waals surface area contributed by atoms with Crippen molar-refractivity contribution >= 4 is 35.2 Å². The van der Waals surface area contributed by atoms with E-state index in [1.54, 1.807) is 65.0 Å². The molecule has 0 aromatic heterocycles. The first-order chi connectivity index (χ1) is 18.8. The first kappa shape index (κ1) is 32.9. The van der Waals surface area contributed by atoms with Gasteiger partial charge in [0.25, 0.3) is 5.91 Å². The maximum absolute atomic E-state index is 14.0. The third-order valence-electron chi connectivity index (χ3n) is 6.27. The van der Waals surface area contributed by atoms with E-state index in [0.29, 0.717) is 28.3 Å². The van der Waals surface area contributed by atoms with Crippen LogP contribution >= 0.6 is 11.6 Å². The summed E-state index contributed by atoms with van der Waals surface area (Å²) in [6.07, 6.45) is 2.46. The first-order valence-electron chi connectivity index (χ1n) is 13.5. The summed E-state index contributed by atoms with van der Waals surface area (Å²) in [5.41, 5.74) is 1.32. The molecule has 2 unspecified atom stereocenters. The van der Waals surface area contributed by atoms with E-state index in [1.165, 1.54) is 11.0 Å². The van der Waals surface area contributed by atoms with Gasteiger partial charge in [-0.15, -0.1) is 0 Å². The number of rotatable bonds is 12. The van der Waals surface area contributed by atoms with Gasteiger partial charge >= 0.3 is 6.09 Å². The molecular weight excluding hydrogens is 534 g/mol. The molecule has 0 aliphatic carbocycles. The number of amides is 3. The van der Waals surface area contributed by atoms with E-state index in [9.17, 15) is 24.6 Å². The molecule has 0 spiro atoms. The van der Waals surface area contributed by atoms with Gasteiger partial charge in [-0.2, -0.15) is 0 Å². The maximum atomic E-state index is 14.0. The van der Waals surface area contributed by atoms with Crippen molar-refractivity contribution in [1.29, 1.82) is 0 Å². The fourth-order valence-corrected chi connectivity index (χ4v) is 4.48. The Labute approximate surface area is 241 Å². The van der Waals surface area contributed by atoms with E-state index >= 15 is 0 Å². The number of anilines is 1. The van der Waals surface area contributed by atoms with Crippen LogP contribution in [0.1, 0.15) is 76.1 Å². The van der Waals surface area contributed by atoms with Gasteiger partial charge in [-0.1, -0.05) is 56.0 Å². The second kappa shape index (κ2) is 14.9. The lowest BCUT2D eigenvalue weighted by Gasteiger charge is -2.34. The minimum absolute atomic E-state index is 0.0468. The zero-order valence-electron chi connectivity index (χ0n) is 24.2. The van der Waals surface area contributed by atoms with Gasteiger partial charge in [0.1, 0.15) is 23.4 Å². The van der Waals surface area contributed by atoms with Crippen molar-refractivity contribution < 1.29 is 29.3 Å². The normalized spacial score (nSPS) is 12.8. The summed E-state index contributed by atoms with van der Waals surface area (Å²) in [7, 11) is 0. The zero-order valence-corrected chi connectivity index (χ0v) is 25.0. The number of phenolic OH excluding ortho intramolecular Hbond substituents is 1. The number of aliphatic hydroxyl groups excluding tert-OH is 1. The average Bonchev–Trinajstić information content (AvgIpc) is 2.87. The number of aryl methyl sites for hydroxylation is 2. The molecule has 10 heteroatoms. The van der Waals surface area contributed by atoms with Crippen molar-refractivity contribution in [2.24, 2.45) is 0 Å². The molecule has 0 heterocycles. The van der Waals surface area contributed by atoms with Gasteiger partial charge in [0.05, 0.1) is 17.3 Å². The SMILES string of the molecule is CCCCCCN(C(=O)C(CO)NC(=O)OC(C)(C)C)C(C(=O)Nc1c(C)cccc1Cl)c1ccc(O)c(C)c1. The van der Waals surface area contributed by atoms with Crippen molar-refractivity contribution in [2.45, 2.75) is 84.9 Å². The first-order valence-corrected chi connectivity index (χ1v) is 13.9. The Morgan fingerprint density at radius 3 is 2.33 bits per heavy atom. The number of carbonyl (C=O) groups is 3. The van der Waals surface area contributed by atoms with E-state index in [2.05, 4.69) is 17.6 Å². The molecule has 0 saturated heterocycles. The lowest BCUT2D eigenvalue weighted by atomic mass is 9.99. The summed E-state index contributed by atoms with van der Waals surface area (Å²) < 4.78 is 5.29. The third-order valence-corrected chi connectivity index (χ3v) is 6.59. The minimum atomic E-state index is -1.35. The molecule has 0 aliphatic rings. The molecule has 0 bridgehead atoms. The van der Waals surface area contributed by atoms with Crippen LogP contribution in [0.25, 0.3) is 0 Å². The number of benzene rings is 2. The summed E-state index contributed by atoms with van der Waals surface area (Å²) >= 11 is 6.39. The van der Waals surface area contributed by atoms with E-state index in [-0.39, 0.29) is 12.3 Å². The molecule has 3 amide bonds. The molecule has 9 nitrogen and oxygen atoms in total. The highest BCUT2D eigenvalue weighted by molar-refractivity contribution is 6.34. The highest BCUT2D eigenvalue weighted by atomic mass is 35.5. The topological polar surface area (TPSA) is 128 Å². The molecule has 40 heavy (non-hydrogen) atoms. The van der Waals surface area contributed by atoms with Crippen LogP contribution in [0.2, 0.25) is 5.02 Å². The Balaban J connectivity index is 2.56. The Hall–Kier alpha value is -3.30. The smallest absolute Gasteiger partial charge is 0.408 e. The van der Waals surface area contributed by atoms with E-state index < -0.39 is 42.2 Å². The van der Waals surface area contributed by atoms with Crippen LogP contribution in [0.15, 0.2) is 36.4 Å². The second-order valence-electron chi connectivity index (χ2n) is 10.8. The highest BCUT2D eigenvalue weighted by Crippen LogP contribution is 2.31. The fraction of sp³-hybridized carbons (Fsp3) is 0.500. The van der Waals surface area contributed by atoms with Gasteiger partial charge in [0, 0.05) is 6.54 Å². The summed E-state index contributed by atoms with van der Waals surface area (Å²) in [6, 6.07) is 7.41. The predicted octanol–water partition coefficient (Wildman–Crippen LogP) is 5.64. The zero-order chi connectivity index (χ0) is 30.0. The number of phenols is 1. The van der Waals surface area contributed by atoms with Gasteiger partial charge in [-0.05, 0) is 75.9 Å². The highest BCUT2D eigenvalue weighted by Gasteiger charge is 2.36. The van der Waals surface area contributed by atoms with Crippen LogP contribution in [0.5, 0.6) is 5.75 Å². The van der Waals surface area contributed by atoms with Crippen molar-refractivity contribution in [3.8, 4) is 5.75 Å². The number of para-hydroxylation sites is 1. The number of unbranched alkanes of at least 4 members (excludes halogenated alkanes) is 3. The molecule has 2 aromatic rings. The van der Waals surface area contributed by atoms with Crippen molar-refractivity contribution in [3.05, 3.63) is 58.1 Å². The molecule has 220 valence electrons. The van der Waals surface area contributed by atoms with E-state index in [4.69, 9.17) is 16.3 Å². The minimum Gasteiger partial charge on any atom is -0.508 e. The lowest BCUT2D eigenvalue weighted by Crippen LogP contribution is -2.54. The molecule has 0 saturated carbocycles. The van der Waals surface area contributed by atoms with Crippen LogP contribution in [0.4, 0.5) is 10.5 Å². The number of hydrogen-bond donors (Lipinski definition) is 4. The number of hydrogen-bond acceptors (Lipinski definition) is 6. The van der Waals surface area contributed by atoms with Crippen LogP contribution in [-0.4, -0.2) is 57.8 Å². The monoisotopic (exact) mass is 575 g/mol. The number of ether oxygens (including phenoxy) is 1. The van der Waals surface area contributed by atoms with Gasteiger partial charge in [-0.3, -0.25) is 9.59 Å². The molecule has 0 fully saturated rings. The number of carbonyl (C=O) groups excluding carboxylic acids is 3. The van der Waals surface area contributed by atoms with Gasteiger partial charge in [0.2, 0.25) is 5.91 Å². The molecule has 2 aromatic carbocycles. The van der Waals surface area contributed by atoms with Gasteiger partial charge < -0.3 is 30.5 Å². The predicted molar refractivity (Wildman–Crippen MR) is 157 cm³/mol. The van der Waals surface area contributed by atoms with Crippen LogP contribution in [-0.2, 0) is 14.3 Å². The van der Waals surface area contributed by atoms with Gasteiger partial charge in [-0.25, -0.2) is 4.79 Å². The molecule has 0 radical (unpaired) electrons. The maximum Gasteiger partial charge on any atom is 0.408 e. The number of nitrogens with one attached hydrogen (secondary N) is 2. The number of nitrogens with zero attached hydrogens (tertiary/aromatic N) is 1. The van der Waals surface area contributed by atoms with E-state index in [0.717, 1.165) is 24.8 Å². The number of aromatic hydroxyl groups is 1. The van der Waals surface area contributed by atoms with Crippen LogP contribution in [0.3, 0.4) is 0 Å². The Morgan fingerprint density at radius 2 is 1.75 bits per heavy atom. The van der Waals surface area contributed by atoms with Crippen molar-refractivity contribution in [2.75, 3.05) is 18.5 Å². The number of halogens is 1. The van der Waals surface area contributed by atoms with Gasteiger partial charge in [0.15, 0.2) is 0 Å². The number of alkyl carbamates (subject to hydrolysis) is 1. The second-order valence-corrected chi connectivity index (χ2v) is 11.3. The lowest BCUT2D eigenvalue weighted by molar-refractivity contribution is -0.141. The summed E-state index contributed by atoms with van der Waals surface area (Å²) in [5.74, 6) is -1.13. The summed E-state index contributed by atoms with van der Waals surface area (Å²) in [6.45, 7) is 10.1. The molecule has 2 atom stereocenters. The van der Waals surface area contributed by atoms with Crippen LogP contribution < -0.4 is 10.6 Å². The van der Waals surface area contributed by atoms with Crippen molar-refractivity contribution in [1.82, 2.24) is 10.2 Å². The largest absolute Gasteiger partial charge is 0.508 e. The quantitative estimate of drug-likeness (QED) is 0.243.